The molecular weight excluding hydrogens is 450 g/mol. The molecule has 0 aromatic heterocycles. The molecule has 1 saturated heterocycles. The van der Waals surface area contributed by atoms with E-state index in [1.807, 2.05) is 21.0 Å². The lowest BCUT2D eigenvalue weighted by Crippen LogP contribution is -2.50. The Bertz CT molecular complexity index is 1010. The van der Waals surface area contributed by atoms with Crippen molar-refractivity contribution in [2.75, 3.05) is 51.8 Å². The van der Waals surface area contributed by atoms with Crippen LogP contribution in [0.4, 0.5) is 10.5 Å². The van der Waals surface area contributed by atoms with Gasteiger partial charge in [0.05, 0.1) is 12.6 Å². The van der Waals surface area contributed by atoms with Gasteiger partial charge in [0.2, 0.25) is 0 Å². The van der Waals surface area contributed by atoms with Crippen molar-refractivity contribution in [2.24, 2.45) is 0 Å². The summed E-state index contributed by atoms with van der Waals surface area (Å²) in [6.45, 7) is 17.9. The first-order valence-corrected chi connectivity index (χ1v) is 13.0. The second-order valence-electron chi connectivity index (χ2n) is 12.1. The Labute approximate surface area is 217 Å². The largest absolute Gasteiger partial charge is 0.507 e. The number of rotatable bonds is 5. The summed E-state index contributed by atoms with van der Waals surface area (Å²) < 4.78 is 5.24. The third-order valence-corrected chi connectivity index (χ3v) is 6.99. The van der Waals surface area contributed by atoms with Gasteiger partial charge >= 0.3 is 6.09 Å². The number of amides is 1. The number of phenols is 1. The molecule has 0 saturated carbocycles. The molecule has 1 aliphatic rings. The van der Waals surface area contributed by atoms with Gasteiger partial charge in [-0.25, -0.2) is 4.79 Å². The molecule has 36 heavy (non-hydrogen) atoms. The highest BCUT2D eigenvalue weighted by molar-refractivity contribution is 5.67. The minimum absolute atomic E-state index is 0.00774. The molecule has 0 aliphatic carbocycles. The van der Waals surface area contributed by atoms with Crippen LogP contribution in [0, 0.1) is 0 Å². The summed E-state index contributed by atoms with van der Waals surface area (Å²) in [4.78, 5) is 18.7. The van der Waals surface area contributed by atoms with Gasteiger partial charge < -0.3 is 19.6 Å². The molecule has 0 radical (unpaired) electrons. The monoisotopic (exact) mass is 495 g/mol. The average molecular weight is 496 g/mol. The van der Waals surface area contributed by atoms with Crippen molar-refractivity contribution in [2.45, 2.75) is 65.3 Å². The SMILES string of the molecule is CCOC(=O)N1CCN([C@H](c2ccc(N(C)C)cc2)c2cc(C(C)(C)C)c(O)c(C(C)(C)C)c2)CC1. The van der Waals surface area contributed by atoms with E-state index in [9.17, 15) is 9.90 Å². The molecule has 1 heterocycles. The van der Waals surface area contributed by atoms with Crippen LogP contribution in [0.2, 0.25) is 0 Å². The average Bonchev–Trinajstić information content (AvgIpc) is 2.79. The third-order valence-electron chi connectivity index (χ3n) is 6.99. The fraction of sp³-hybridized carbons (Fsp3) is 0.567. The summed E-state index contributed by atoms with van der Waals surface area (Å²) in [7, 11) is 4.10. The molecule has 2 aromatic rings. The van der Waals surface area contributed by atoms with Crippen LogP contribution in [0.25, 0.3) is 0 Å². The van der Waals surface area contributed by atoms with E-state index in [4.69, 9.17) is 4.74 Å². The predicted octanol–water partition coefficient (Wildman–Crippen LogP) is 5.92. The molecule has 0 spiro atoms. The van der Waals surface area contributed by atoms with Crippen LogP contribution in [-0.4, -0.2) is 67.9 Å². The van der Waals surface area contributed by atoms with Gasteiger partial charge in [-0.3, -0.25) is 4.90 Å². The van der Waals surface area contributed by atoms with E-state index in [-0.39, 0.29) is 23.0 Å². The van der Waals surface area contributed by atoms with Gasteiger partial charge in [0.25, 0.3) is 0 Å². The summed E-state index contributed by atoms with van der Waals surface area (Å²) in [6.07, 6.45) is -0.237. The Morgan fingerprint density at radius 2 is 1.42 bits per heavy atom. The summed E-state index contributed by atoms with van der Waals surface area (Å²) >= 11 is 0. The summed E-state index contributed by atoms with van der Waals surface area (Å²) in [5.41, 5.74) is 5.04. The first kappa shape index (κ1) is 27.9. The van der Waals surface area contributed by atoms with Crippen LogP contribution in [0.5, 0.6) is 5.75 Å². The number of nitrogens with zero attached hydrogens (tertiary/aromatic N) is 3. The van der Waals surface area contributed by atoms with E-state index in [1.165, 1.54) is 11.1 Å². The quantitative estimate of drug-likeness (QED) is 0.558. The van der Waals surface area contributed by atoms with Crippen LogP contribution in [0.1, 0.15) is 76.8 Å². The molecule has 6 heteroatoms. The Morgan fingerprint density at radius 1 is 0.917 bits per heavy atom. The zero-order valence-electron chi connectivity index (χ0n) is 23.7. The Kier molecular flexibility index (Phi) is 8.29. The van der Waals surface area contributed by atoms with Gasteiger partial charge in [-0.05, 0) is 64.3 Å². The number of anilines is 1. The molecule has 1 fully saturated rings. The first-order chi connectivity index (χ1) is 16.7. The Balaban J connectivity index is 2.11. The number of piperazine rings is 1. The maximum atomic E-state index is 12.3. The maximum Gasteiger partial charge on any atom is 0.409 e. The van der Waals surface area contributed by atoms with Crippen molar-refractivity contribution >= 4 is 11.8 Å². The van der Waals surface area contributed by atoms with Crippen LogP contribution in [0.15, 0.2) is 36.4 Å². The summed E-state index contributed by atoms with van der Waals surface area (Å²) in [5.74, 6) is 0.396. The lowest BCUT2D eigenvalue weighted by Gasteiger charge is -2.40. The van der Waals surface area contributed by atoms with Crippen LogP contribution in [0.3, 0.4) is 0 Å². The van der Waals surface area contributed by atoms with Crippen molar-refractivity contribution < 1.29 is 14.6 Å². The van der Waals surface area contributed by atoms with Crippen LogP contribution < -0.4 is 4.90 Å². The van der Waals surface area contributed by atoms with Crippen molar-refractivity contribution in [3.8, 4) is 5.75 Å². The molecule has 1 aliphatic heterocycles. The second-order valence-corrected chi connectivity index (χ2v) is 12.1. The topological polar surface area (TPSA) is 56.2 Å². The van der Waals surface area contributed by atoms with Crippen molar-refractivity contribution in [3.05, 3.63) is 58.7 Å². The smallest absolute Gasteiger partial charge is 0.409 e. The Hall–Kier alpha value is -2.73. The van der Waals surface area contributed by atoms with Crippen molar-refractivity contribution in [3.63, 3.8) is 0 Å². The maximum absolute atomic E-state index is 12.3. The number of carbonyl (C=O) groups excluding carboxylic acids is 1. The van der Waals surface area contributed by atoms with Gasteiger partial charge in [-0.15, -0.1) is 0 Å². The second kappa shape index (κ2) is 10.7. The summed E-state index contributed by atoms with van der Waals surface area (Å²) in [6, 6.07) is 13.1. The normalized spacial score (nSPS) is 16.1. The molecule has 1 N–H and O–H groups in total. The minimum Gasteiger partial charge on any atom is -0.507 e. The Morgan fingerprint density at radius 3 is 1.83 bits per heavy atom. The molecule has 1 atom stereocenters. The molecule has 198 valence electrons. The molecule has 3 rings (SSSR count). The predicted molar refractivity (Wildman–Crippen MR) is 148 cm³/mol. The molecule has 1 amide bonds. The van der Waals surface area contributed by atoms with Gasteiger partial charge in [-0.2, -0.15) is 0 Å². The first-order valence-electron chi connectivity index (χ1n) is 13.0. The lowest BCUT2D eigenvalue weighted by atomic mass is 9.77. The number of ether oxygens (including phenoxy) is 1. The third kappa shape index (κ3) is 6.15. The number of phenolic OH excluding ortho intramolecular Hbond substituents is 1. The van der Waals surface area contributed by atoms with Crippen LogP contribution in [-0.2, 0) is 15.6 Å². The van der Waals surface area contributed by atoms with E-state index in [1.54, 1.807) is 4.90 Å². The highest BCUT2D eigenvalue weighted by Crippen LogP contribution is 2.43. The van der Waals surface area contributed by atoms with E-state index in [0.717, 1.165) is 29.9 Å². The molecule has 2 aromatic carbocycles. The lowest BCUT2D eigenvalue weighted by molar-refractivity contribution is 0.0714. The number of hydrogen-bond acceptors (Lipinski definition) is 5. The van der Waals surface area contributed by atoms with Crippen molar-refractivity contribution in [1.29, 1.82) is 0 Å². The fourth-order valence-electron chi connectivity index (χ4n) is 4.90. The van der Waals surface area contributed by atoms with Gasteiger partial charge in [0.15, 0.2) is 0 Å². The standard InChI is InChI=1S/C30H45N3O3/c1-10-36-28(35)33-17-15-32(16-18-33)26(21-11-13-23(14-12-21)31(8)9)22-19-24(29(2,3)4)27(34)25(20-22)30(5,6)7/h11-14,19-20,26,34H,10,15-18H2,1-9H3/t26-/m1/s1. The van der Waals surface area contributed by atoms with Crippen molar-refractivity contribution in [1.82, 2.24) is 9.80 Å². The highest BCUT2D eigenvalue weighted by Gasteiger charge is 2.33. The van der Waals surface area contributed by atoms with E-state index in [0.29, 0.717) is 25.4 Å². The minimum atomic E-state index is -0.237. The fourth-order valence-corrected chi connectivity index (χ4v) is 4.90. The number of benzene rings is 2. The van der Waals surface area contributed by atoms with Gasteiger partial charge in [0.1, 0.15) is 5.75 Å². The molecule has 6 nitrogen and oxygen atoms in total. The van der Waals surface area contributed by atoms with E-state index in [2.05, 4.69) is 87.7 Å². The molecule has 0 bridgehead atoms. The van der Waals surface area contributed by atoms with Gasteiger partial charge in [0, 0.05) is 46.0 Å². The van der Waals surface area contributed by atoms with Crippen LogP contribution >= 0.6 is 0 Å². The molecule has 0 unspecified atom stereocenters. The summed E-state index contributed by atoms with van der Waals surface area (Å²) in [5, 5.41) is 11.3. The zero-order valence-corrected chi connectivity index (χ0v) is 23.7. The number of hydrogen-bond donors (Lipinski definition) is 1. The molecular formula is C30H45N3O3. The van der Waals surface area contributed by atoms with E-state index >= 15 is 0 Å². The van der Waals surface area contributed by atoms with E-state index < -0.39 is 0 Å². The van der Waals surface area contributed by atoms with Gasteiger partial charge in [-0.1, -0.05) is 53.7 Å². The zero-order chi connectivity index (χ0) is 26.8. The number of carbonyl (C=O) groups is 1. The highest BCUT2D eigenvalue weighted by atomic mass is 16.6. The number of aromatic hydroxyl groups is 1.